The van der Waals surface area contributed by atoms with Crippen LogP contribution >= 0.6 is 12.4 Å². The standard InChI is InChI=1S/C13H17FN2.ClH/c14-10-2-1-9-8-13(3-5-16-6-4-13)12(15)11(9)7-10;/h1-2,7,12,16H,3-6,8,15H2;1H/t12-;/m1./s1. The van der Waals surface area contributed by atoms with Gasteiger partial charge >= 0.3 is 0 Å². The van der Waals surface area contributed by atoms with Gasteiger partial charge in [-0.3, -0.25) is 0 Å². The van der Waals surface area contributed by atoms with Crippen molar-refractivity contribution in [1.29, 1.82) is 0 Å². The van der Waals surface area contributed by atoms with Gasteiger partial charge in [0, 0.05) is 6.04 Å². The summed E-state index contributed by atoms with van der Waals surface area (Å²) in [6, 6.07) is 5.09. The second-order valence-electron chi connectivity index (χ2n) is 5.11. The predicted octanol–water partition coefficient (Wildman–Crippen LogP) is 2.17. The second-order valence-corrected chi connectivity index (χ2v) is 5.11. The van der Waals surface area contributed by atoms with Gasteiger partial charge in [0.25, 0.3) is 0 Å². The molecule has 17 heavy (non-hydrogen) atoms. The van der Waals surface area contributed by atoms with Gasteiger partial charge in [-0.1, -0.05) is 6.07 Å². The van der Waals surface area contributed by atoms with Crippen LogP contribution in [0.15, 0.2) is 18.2 Å². The van der Waals surface area contributed by atoms with E-state index in [4.69, 9.17) is 5.73 Å². The molecule has 1 atom stereocenters. The molecule has 0 unspecified atom stereocenters. The highest BCUT2D eigenvalue weighted by molar-refractivity contribution is 5.85. The van der Waals surface area contributed by atoms with Crippen LogP contribution in [0.25, 0.3) is 0 Å². The third-order valence-corrected chi connectivity index (χ3v) is 4.24. The second kappa shape index (κ2) is 4.56. The molecule has 1 aliphatic carbocycles. The summed E-state index contributed by atoms with van der Waals surface area (Å²) in [5.74, 6) is -0.166. The largest absolute Gasteiger partial charge is 0.323 e. The van der Waals surface area contributed by atoms with Crippen molar-refractivity contribution in [2.24, 2.45) is 11.1 Å². The number of piperidine rings is 1. The number of rotatable bonds is 0. The lowest BCUT2D eigenvalue weighted by atomic mass is 9.73. The van der Waals surface area contributed by atoms with E-state index in [-0.39, 0.29) is 29.7 Å². The number of halogens is 2. The van der Waals surface area contributed by atoms with E-state index in [1.165, 1.54) is 5.56 Å². The summed E-state index contributed by atoms with van der Waals surface area (Å²) < 4.78 is 13.2. The van der Waals surface area contributed by atoms with Crippen LogP contribution in [0.4, 0.5) is 4.39 Å². The minimum atomic E-state index is -0.166. The summed E-state index contributed by atoms with van der Waals surface area (Å²) in [7, 11) is 0. The highest BCUT2D eigenvalue weighted by Gasteiger charge is 2.44. The smallest absolute Gasteiger partial charge is 0.123 e. The van der Waals surface area contributed by atoms with Crippen LogP contribution in [0.2, 0.25) is 0 Å². The summed E-state index contributed by atoms with van der Waals surface area (Å²) in [4.78, 5) is 0. The molecular formula is C13H18ClFN2. The lowest BCUT2D eigenvalue weighted by Crippen LogP contribution is -2.42. The van der Waals surface area contributed by atoms with E-state index in [0.717, 1.165) is 37.9 Å². The molecule has 0 bridgehead atoms. The first-order chi connectivity index (χ1) is 7.71. The Labute approximate surface area is 107 Å². The zero-order chi connectivity index (χ0) is 11.2. The van der Waals surface area contributed by atoms with Gasteiger partial charge < -0.3 is 11.1 Å². The number of benzene rings is 1. The van der Waals surface area contributed by atoms with Crippen LogP contribution in [0.1, 0.15) is 30.0 Å². The third-order valence-electron chi connectivity index (χ3n) is 4.24. The zero-order valence-electron chi connectivity index (χ0n) is 9.71. The number of fused-ring (bicyclic) bond motifs is 1. The van der Waals surface area contributed by atoms with E-state index in [9.17, 15) is 4.39 Å². The van der Waals surface area contributed by atoms with E-state index in [1.54, 1.807) is 12.1 Å². The van der Waals surface area contributed by atoms with Crippen molar-refractivity contribution >= 4 is 12.4 Å². The Balaban J connectivity index is 0.00000108. The summed E-state index contributed by atoms with van der Waals surface area (Å²) in [6.45, 7) is 2.06. The van der Waals surface area contributed by atoms with Crippen molar-refractivity contribution in [3.05, 3.63) is 35.1 Å². The molecule has 2 nitrogen and oxygen atoms in total. The molecule has 3 rings (SSSR count). The van der Waals surface area contributed by atoms with Gasteiger partial charge in [0.2, 0.25) is 0 Å². The molecule has 94 valence electrons. The number of hydrogen-bond acceptors (Lipinski definition) is 2. The van der Waals surface area contributed by atoms with Crippen molar-refractivity contribution < 1.29 is 4.39 Å². The Morgan fingerprint density at radius 1 is 1.29 bits per heavy atom. The van der Waals surface area contributed by atoms with Crippen LogP contribution in [-0.4, -0.2) is 13.1 Å². The molecule has 1 heterocycles. The average Bonchev–Trinajstić information content (AvgIpc) is 2.55. The summed E-state index contributed by atoms with van der Waals surface area (Å²) in [5.41, 5.74) is 8.79. The monoisotopic (exact) mass is 256 g/mol. The molecule has 0 amide bonds. The van der Waals surface area contributed by atoms with Crippen molar-refractivity contribution in [3.8, 4) is 0 Å². The molecule has 2 aliphatic rings. The Morgan fingerprint density at radius 3 is 2.71 bits per heavy atom. The van der Waals surface area contributed by atoms with Crippen LogP contribution in [0, 0.1) is 11.2 Å². The quantitative estimate of drug-likeness (QED) is 0.747. The van der Waals surface area contributed by atoms with E-state index in [2.05, 4.69) is 5.32 Å². The summed E-state index contributed by atoms with van der Waals surface area (Å²) >= 11 is 0. The predicted molar refractivity (Wildman–Crippen MR) is 68.8 cm³/mol. The molecule has 0 saturated carbocycles. The van der Waals surface area contributed by atoms with Gasteiger partial charge in [0.05, 0.1) is 0 Å². The van der Waals surface area contributed by atoms with Gasteiger partial charge in [0.1, 0.15) is 5.82 Å². The van der Waals surface area contributed by atoms with Gasteiger partial charge in [-0.25, -0.2) is 4.39 Å². The average molecular weight is 257 g/mol. The van der Waals surface area contributed by atoms with Crippen molar-refractivity contribution in [1.82, 2.24) is 5.32 Å². The van der Waals surface area contributed by atoms with E-state index in [0.29, 0.717) is 0 Å². The van der Waals surface area contributed by atoms with Crippen LogP contribution in [-0.2, 0) is 6.42 Å². The molecule has 4 heteroatoms. The number of hydrogen-bond donors (Lipinski definition) is 2. The fraction of sp³-hybridized carbons (Fsp3) is 0.538. The van der Waals surface area contributed by atoms with Gasteiger partial charge in [-0.2, -0.15) is 0 Å². The minimum Gasteiger partial charge on any atom is -0.323 e. The SMILES string of the molecule is Cl.N[C@@H]1c2cc(F)ccc2CC12CCNCC2. The van der Waals surface area contributed by atoms with E-state index in [1.807, 2.05) is 6.07 Å². The molecule has 1 aromatic rings. The fourth-order valence-corrected chi connectivity index (χ4v) is 3.25. The Morgan fingerprint density at radius 2 is 2.00 bits per heavy atom. The molecule has 0 aromatic heterocycles. The van der Waals surface area contributed by atoms with E-state index >= 15 is 0 Å². The normalized spacial score (nSPS) is 25.4. The maximum absolute atomic E-state index is 13.2. The Bertz CT molecular complexity index is 416. The molecule has 1 aliphatic heterocycles. The third kappa shape index (κ3) is 1.96. The summed E-state index contributed by atoms with van der Waals surface area (Å²) in [5, 5.41) is 3.36. The minimum absolute atomic E-state index is 0. The highest BCUT2D eigenvalue weighted by Crippen LogP contribution is 2.49. The molecule has 1 fully saturated rings. The maximum atomic E-state index is 13.2. The van der Waals surface area contributed by atoms with Gasteiger partial charge in [0.15, 0.2) is 0 Å². The molecule has 1 aromatic carbocycles. The Hall–Kier alpha value is -0.640. The van der Waals surface area contributed by atoms with Crippen LogP contribution in [0.3, 0.4) is 0 Å². The number of nitrogens with two attached hydrogens (primary N) is 1. The Kier molecular flexibility index (Phi) is 3.43. The van der Waals surface area contributed by atoms with Gasteiger partial charge in [-0.05, 0) is 61.0 Å². The fourth-order valence-electron chi connectivity index (χ4n) is 3.25. The first-order valence-corrected chi connectivity index (χ1v) is 5.96. The summed E-state index contributed by atoms with van der Waals surface area (Å²) in [6.07, 6.45) is 3.22. The first-order valence-electron chi connectivity index (χ1n) is 5.96. The first kappa shape index (κ1) is 12.8. The highest BCUT2D eigenvalue weighted by atomic mass is 35.5. The lowest BCUT2D eigenvalue weighted by molar-refractivity contribution is 0.174. The van der Waals surface area contributed by atoms with Crippen molar-refractivity contribution in [2.75, 3.05) is 13.1 Å². The molecule has 1 saturated heterocycles. The number of nitrogens with one attached hydrogen (secondary N) is 1. The van der Waals surface area contributed by atoms with Gasteiger partial charge in [-0.15, -0.1) is 12.4 Å². The van der Waals surface area contributed by atoms with Crippen LogP contribution < -0.4 is 11.1 Å². The van der Waals surface area contributed by atoms with Crippen LogP contribution in [0.5, 0.6) is 0 Å². The lowest BCUT2D eigenvalue weighted by Gasteiger charge is -2.37. The molecule has 3 N–H and O–H groups in total. The molecule has 1 spiro atoms. The zero-order valence-corrected chi connectivity index (χ0v) is 10.5. The van der Waals surface area contributed by atoms with Crippen molar-refractivity contribution in [2.45, 2.75) is 25.3 Å². The van der Waals surface area contributed by atoms with E-state index < -0.39 is 0 Å². The topological polar surface area (TPSA) is 38.0 Å². The maximum Gasteiger partial charge on any atom is 0.123 e. The van der Waals surface area contributed by atoms with Crippen molar-refractivity contribution in [3.63, 3.8) is 0 Å². The molecule has 0 radical (unpaired) electrons. The molecular weight excluding hydrogens is 239 g/mol.